The van der Waals surface area contributed by atoms with Gasteiger partial charge in [-0.15, -0.1) is 0 Å². The monoisotopic (exact) mass is 386 g/mol. The van der Waals surface area contributed by atoms with Crippen molar-refractivity contribution in [3.63, 3.8) is 0 Å². The molecule has 0 radical (unpaired) electrons. The van der Waals surface area contributed by atoms with Crippen LogP contribution in [-0.4, -0.2) is 40.6 Å². The number of aromatic nitrogens is 3. The number of nitrogens with zero attached hydrogens (tertiary/aromatic N) is 2. The molecule has 1 aliphatic rings. The standard InChI is InChI=1S/C15H20F2N6O2S/c1-2-8-5-9(22-26(24,25)15(16)17)6-10(8)13(19)23-11-3-4-20-14(11)21-7-12(23)18/h3-4,7-10,15,18-20,22H,2,5-6H2,1H3/t8-,9+,10+/m1/s1. The van der Waals surface area contributed by atoms with Crippen LogP contribution < -0.4 is 10.2 Å². The Labute approximate surface area is 148 Å². The molecule has 1 fully saturated rings. The summed E-state index contributed by atoms with van der Waals surface area (Å²) in [5.41, 5.74) is 1.15. The van der Waals surface area contributed by atoms with Crippen molar-refractivity contribution in [1.82, 2.24) is 19.3 Å². The van der Waals surface area contributed by atoms with E-state index in [0.717, 1.165) is 0 Å². The zero-order valence-corrected chi connectivity index (χ0v) is 14.9. The van der Waals surface area contributed by atoms with E-state index in [1.807, 2.05) is 6.92 Å². The largest absolute Gasteiger partial charge is 0.350 e. The zero-order valence-electron chi connectivity index (χ0n) is 14.0. The molecule has 0 amide bonds. The number of rotatable bonds is 5. The van der Waals surface area contributed by atoms with E-state index in [0.29, 0.717) is 24.0 Å². The molecule has 2 aromatic rings. The van der Waals surface area contributed by atoms with Crippen LogP contribution in [0.1, 0.15) is 26.2 Å². The minimum Gasteiger partial charge on any atom is -0.345 e. The van der Waals surface area contributed by atoms with E-state index in [4.69, 9.17) is 10.8 Å². The maximum absolute atomic E-state index is 12.6. The van der Waals surface area contributed by atoms with Crippen LogP contribution in [0.15, 0.2) is 18.5 Å². The number of sulfonamides is 1. The second-order valence-corrected chi connectivity index (χ2v) is 8.12. The number of halogens is 2. The highest BCUT2D eigenvalue weighted by molar-refractivity contribution is 7.89. The van der Waals surface area contributed by atoms with Gasteiger partial charge in [0.15, 0.2) is 5.65 Å². The first kappa shape index (κ1) is 18.6. The molecule has 3 atom stereocenters. The van der Waals surface area contributed by atoms with Crippen molar-refractivity contribution in [3.05, 3.63) is 23.9 Å². The summed E-state index contributed by atoms with van der Waals surface area (Å²) in [4.78, 5) is 7.02. The molecule has 142 valence electrons. The first-order valence-electron chi connectivity index (χ1n) is 8.22. The molecule has 2 aromatic heterocycles. The van der Waals surface area contributed by atoms with Gasteiger partial charge in [-0.05, 0) is 24.8 Å². The molecule has 3 rings (SSSR count). The van der Waals surface area contributed by atoms with Crippen molar-refractivity contribution in [1.29, 1.82) is 10.8 Å². The third-order valence-electron chi connectivity index (χ3n) is 4.88. The second-order valence-electron chi connectivity index (χ2n) is 6.44. The summed E-state index contributed by atoms with van der Waals surface area (Å²) in [5, 5.41) is 16.7. The third kappa shape index (κ3) is 3.28. The molecule has 0 aliphatic heterocycles. The number of nitrogens with one attached hydrogen (secondary N) is 4. The van der Waals surface area contributed by atoms with Gasteiger partial charge in [0.1, 0.15) is 11.3 Å². The number of fused-ring (bicyclic) bond motifs is 1. The van der Waals surface area contributed by atoms with Gasteiger partial charge in [-0.3, -0.25) is 15.4 Å². The maximum atomic E-state index is 12.6. The fourth-order valence-electron chi connectivity index (χ4n) is 3.67. The zero-order chi connectivity index (χ0) is 19.1. The Kier molecular flexibility index (Phi) is 4.93. The molecular formula is C15H20F2N6O2S. The summed E-state index contributed by atoms with van der Waals surface area (Å²) in [7, 11) is -4.67. The summed E-state index contributed by atoms with van der Waals surface area (Å²) in [6.45, 7) is 1.92. The summed E-state index contributed by atoms with van der Waals surface area (Å²) in [6, 6.07) is 1.06. The lowest BCUT2D eigenvalue weighted by Gasteiger charge is -2.21. The molecule has 26 heavy (non-hydrogen) atoms. The van der Waals surface area contributed by atoms with Crippen LogP contribution in [0.5, 0.6) is 0 Å². The lowest BCUT2D eigenvalue weighted by molar-refractivity contribution is 0.231. The summed E-state index contributed by atoms with van der Waals surface area (Å²) >= 11 is 0. The molecule has 8 nitrogen and oxygen atoms in total. The maximum Gasteiger partial charge on any atom is 0.350 e. The van der Waals surface area contributed by atoms with E-state index in [1.165, 1.54) is 10.8 Å². The van der Waals surface area contributed by atoms with Crippen molar-refractivity contribution >= 4 is 27.0 Å². The van der Waals surface area contributed by atoms with Crippen LogP contribution in [-0.2, 0) is 10.0 Å². The number of hydrogen-bond acceptors (Lipinski definition) is 5. The molecular weight excluding hydrogens is 366 g/mol. The Bertz CT molecular complexity index is 983. The average Bonchev–Trinajstić information content (AvgIpc) is 3.20. The molecule has 2 heterocycles. The first-order chi connectivity index (χ1) is 12.2. The molecule has 0 spiro atoms. The molecule has 1 aliphatic carbocycles. The molecule has 0 unspecified atom stereocenters. The highest BCUT2D eigenvalue weighted by Gasteiger charge is 2.40. The average molecular weight is 386 g/mol. The highest BCUT2D eigenvalue weighted by Crippen LogP contribution is 2.36. The van der Waals surface area contributed by atoms with Crippen molar-refractivity contribution in [2.24, 2.45) is 11.8 Å². The lowest BCUT2D eigenvalue weighted by Crippen LogP contribution is -2.37. The van der Waals surface area contributed by atoms with Crippen LogP contribution in [0.4, 0.5) is 8.78 Å². The van der Waals surface area contributed by atoms with Gasteiger partial charge in [-0.1, -0.05) is 13.3 Å². The first-order valence-corrected chi connectivity index (χ1v) is 9.77. The van der Waals surface area contributed by atoms with E-state index < -0.39 is 21.8 Å². The van der Waals surface area contributed by atoms with Gasteiger partial charge >= 0.3 is 5.76 Å². The van der Waals surface area contributed by atoms with E-state index in [-0.39, 0.29) is 29.6 Å². The Morgan fingerprint density at radius 1 is 1.50 bits per heavy atom. The highest BCUT2D eigenvalue weighted by atomic mass is 32.2. The number of aromatic amines is 1. The van der Waals surface area contributed by atoms with Crippen LogP contribution in [0.3, 0.4) is 0 Å². The fraction of sp³-hybridized carbons (Fsp3) is 0.533. The minimum atomic E-state index is -4.67. The van der Waals surface area contributed by atoms with Gasteiger partial charge in [0.25, 0.3) is 10.0 Å². The molecule has 4 N–H and O–H groups in total. The smallest absolute Gasteiger partial charge is 0.345 e. The summed E-state index contributed by atoms with van der Waals surface area (Å²) in [6.07, 6.45) is 4.29. The van der Waals surface area contributed by atoms with Crippen LogP contribution in [0, 0.1) is 22.7 Å². The number of H-pyrrole nitrogens is 1. The minimum absolute atomic E-state index is 0.0357. The van der Waals surface area contributed by atoms with E-state index >= 15 is 0 Å². The van der Waals surface area contributed by atoms with E-state index in [9.17, 15) is 17.2 Å². The predicted octanol–water partition coefficient (Wildman–Crippen LogP) is 1.62. The van der Waals surface area contributed by atoms with Gasteiger partial charge in [0, 0.05) is 18.2 Å². The topological polar surface area (TPSA) is 127 Å². The van der Waals surface area contributed by atoms with Crippen LogP contribution >= 0.6 is 0 Å². The van der Waals surface area contributed by atoms with Crippen molar-refractivity contribution < 1.29 is 17.2 Å². The number of hydrogen-bond donors (Lipinski definition) is 4. The fourth-order valence-corrected chi connectivity index (χ4v) is 4.43. The van der Waals surface area contributed by atoms with Crippen molar-refractivity contribution in [2.45, 2.75) is 38.0 Å². The Hall–Kier alpha value is -2.14. The van der Waals surface area contributed by atoms with E-state index in [2.05, 4.69) is 14.7 Å². The summed E-state index contributed by atoms with van der Waals surface area (Å²) < 4.78 is 51.7. The predicted molar refractivity (Wildman–Crippen MR) is 91.4 cm³/mol. The molecule has 0 aromatic carbocycles. The molecule has 0 saturated heterocycles. The lowest BCUT2D eigenvalue weighted by atomic mass is 9.92. The van der Waals surface area contributed by atoms with Gasteiger partial charge < -0.3 is 4.98 Å². The van der Waals surface area contributed by atoms with Gasteiger partial charge in [-0.25, -0.2) is 18.1 Å². The molecule has 0 bridgehead atoms. The Morgan fingerprint density at radius 3 is 2.88 bits per heavy atom. The Balaban J connectivity index is 1.90. The molecule has 1 saturated carbocycles. The van der Waals surface area contributed by atoms with Crippen molar-refractivity contribution in [3.8, 4) is 0 Å². The van der Waals surface area contributed by atoms with Crippen molar-refractivity contribution in [2.75, 3.05) is 0 Å². The Morgan fingerprint density at radius 2 is 2.23 bits per heavy atom. The van der Waals surface area contributed by atoms with Crippen LogP contribution in [0.2, 0.25) is 0 Å². The second kappa shape index (κ2) is 6.88. The number of alkyl halides is 2. The van der Waals surface area contributed by atoms with Gasteiger partial charge in [0.2, 0.25) is 0 Å². The van der Waals surface area contributed by atoms with Gasteiger partial charge in [-0.2, -0.15) is 8.78 Å². The molecule has 11 heteroatoms. The SMILES string of the molecule is CC[C@@H]1C[C@H](NS(=O)(=O)C(F)F)C[C@@H]1C(=N)n1c(=N)cnc2[nH]ccc21. The summed E-state index contributed by atoms with van der Waals surface area (Å²) in [5.74, 6) is -3.72. The van der Waals surface area contributed by atoms with Crippen LogP contribution in [0.25, 0.3) is 11.2 Å². The normalized spacial score (nSPS) is 23.8. The van der Waals surface area contributed by atoms with E-state index in [1.54, 1.807) is 12.3 Å². The quantitative estimate of drug-likeness (QED) is 0.460. The third-order valence-corrected chi connectivity index (χ3v) is 6.01. The van der Waals surface area contributed by atoms with Gasteiger partial charge in [0.05, 0.1) is 11.7 Å².